The third kappa shape index (κ3) is 3.85. The summed E-state index contributed by atoms with van der Waals surface area (Å²) in [7, 11) is 1.56. The maximum atomic E-state index is 12.4. The van der Waals surface area contributed by atoms with E-state index < -0.39 is 5.25 Å². The quantitative estimate of drug-likeness (QED) is 0.670. The molecule has 8 heteroatoms. The van der Waals surface area contributed by atoms with E-state index in [-0.39, 0.29) is 5.91 Å². The summed E-state index contributed by atoms with van der Waals surface area (Å²) in [6.45, 7) is 3.58. The SMILES string of the molecule is COc1ccccc1NC(=O)C(C)Sc1nnc(-c2ccoc2C)o1. The van der Waals surface area contributed by atoms with Crippen LogP contribution in [0.2, 0.25) is 0 Å². The van der Waals surface area contributed by atoms with Gasteiger partial charge < -0.3 is 18.9 Å². The number of hydrogen-bond donors (Lipinski definition) is 1. The fourth-order valence-electron chi connectivity index (χ4n) is 2.16. The summed E-state index contributed by atoms with van der Waals surface area (Å²) < 4.78 is 16.1. The number of thioether (sulfide) groups is 1. The Kier molecular flexibility index (Phi) is 5.08. The molecule has 0 fully saturated rings. The number of carbonyl (C=O) groups is 1. The Morgan fingerprint density at radius 2 is 2.08 bits per heavy atom. The zero-order chi connectivity index (χ0) is 17.8. The highest BCUT2D eigenvalue weighted by molar-refractivity contribution is 8.00. The average Bonchev–Trinajstić information content (AvgIpc) is 3.23. The third-order valence-electron chi connectivity index (χ3n) is 3.51. The highest BCUT2D eigenvalue weighted by Gasteiger charge is 2.20. The minimum Gasteiger partial charge on any atom is -0.495 e. The Hall–Kier alpha value is -2.74. The van der Waals surface area contributed by atoms with E-state index in [9.17, 15) is 4.79 Å². The van der Waals surface area contributed by atoms with Crippen LogP contribution >= 0.6 is 11.8 Å². The number of methoxy groups -OCH3 is 1. The molecule has 130 valence electrons. The zero-order valence-electron chi connectivity index (χ0n) is 14.0. The van der Waals surface area contributed by atoms with Crippen molar-refractivity contribution in [2.24, 2.45) is 0 Å². The van der Waals surface area contributed by atoms with Crippen LogP contribution in [-0.2, 0) is 4.79 Å². The van der Waals surface area contributed by atoms with Gasteiger partial charge in [0.1, 0.15) is 11.5 Å². The first kappa shape index (κ1) is 17.1. The van der Waals surface area contributed by atoms with Crippen LogP contribution in [0, 0.1) is 6.92 Å². The van der Waals surface area contributed by atoms with E-state index in [1.165, 1.54) is 11.8 Å². The predicted octanol–water partition coefficient (Wildman–Crippen LogP) is 3.77. The van der Waals surface area contributed by atoms with Crippen LogP contribution in [0.25, 0.3) is 11.5 Å². The molecule has 1 N–H and O–H groups in total. The number of amides is 1. The largest absolute Gasteiger partial charge is 0.495 e. The van der Waals surface area contributed by atoms with Crippen molar-refractivity contribution in [3.05, 3.63) is 42.4 Å². The molecule has 1 unspecified atom stereocenters. The Morgan fingerprint density at radius 3 is 2.80 bits per heavy atom. The molecule has 2 heterocycles. The number of benzene rings is 1. The summed E-state index contributed by atoms with van der Waals surface area (Å²) in [5, 5.41) is 10.7. The molecule has 3 rings (SSSR count). The normalized spacial score (nSPS) is 12.0. The number of furan rings is 1. The summed E-state index contributed by atoms with van der Waals surface area (Å²) in [6.07, 6.45) is 1.56. The summed E-state index contributed by atoms with van der Waals surface area (Å²) >= 11 is 1.18. The van der Waals surface area contributed by atoms with Gasteiger partial charge in [0.2, 0.25) is 5.91 Å². The van der Waals surface area contributed by atoms with Gasteiger partial charge in [-0.25, -0.2) is 0 Å². The Balaban J connectivity index is 1.66. The number of aromatic nitrogens is 2. The van der Waals surface area contributed by atoms with Gasteiger partial charge in [-0.1, -0.05) is 23.9 Å². The van der Waals surface area contributed by atoms with Gasteiger partial charge in [0.05, 0.1) is 29.9 Å². The van der Waals surface area contributed by atoms with E-state index in [2.05, 4.69) is 15.5 Å². The maximum Gasteiger partial charge on any atom is 0.277 e. The maximum absolute atomic E-state index is 12.4. The highest BCUT2D eigenvalue weighted by atomic mass is 32.2. The monoisotopic (exact) mass is 359 g/mol. The fraction of sp³-hybridized carbons (Fsp3) is 0.235. The van der Waals surface area contributed by atoms with Crippen molar-refractivity contribution >= 4 is 23.4 Å². The van der Waals surface area contributed by atoms with Gasteiger partial charge >= 0.3 is 0 Å². The lowest BCUT2D eigenvalue weighted by Crippen LogP contribution is -2.22. The van der Waals surface area contributed by atoms with Gasteiger partial charge in [-0.3, -0.25) is 4.79 Å². The Bertz CT molecular complexity index is 874. The molecule has 25 heavy (non-hydrogen) atoms. The first-order valence-electron chi connectivity index (χ1n) is 7.57. The second kappa shape index (κ2) is 7.43. The number of ether oxygens (including phenoxy) is 1. The number of carbonyl (C=O) groups excluding carboxylic acids is 1. The minimum absolute atomic E-state index is 0.186. The Labute approximate surface area is 148 Å². The van der Waals surface area contributed by atoms with Crippen LogP contribution in [0.5, 0.6) is 5.75 Å². The fourth-order valence-corrected chi connectivity index (χ4v) is 2.84. The summed E-state index contributed by atoms with van der Waals surface area (Å²) in [4.78, 5) is 12.4. The minimum atomic E-state index is -0.427. The molecule has 2 aromatic heterocycles. The second-order valence-corrected chi connectivity index (χ2v) is 6.51. The molecule has 0 radical (unpaired) electrons. The van der Waals surface area contributed by atoms with Crippen molar-refractivity contribution in [2.75, 3.05) is 12.4 Å². The van der Waals surface area contributed by atoms with Gasteiger partial charge in [-0.2, -0.15) is 0 Å². The van der Waals surface area contributed by atoms with Crippen LogP contribution in [0.4, 0.5) is 5.69 Å². The molecule has 0 saturated carbocycles. The summed E-state index contributed by atoms with van der Waals surface area (Å²) in [6, 6.07) is 8.98. The lowest BCUT2D eigenvalue weighted by molar-refractivity contribution is -0.115. The number of anilines is 1. The van der Waals surface area contributed by atoms with Crippen molar-refractivity contribution < 1.29 is 18.4 Å². The van der Waals surface area contributed by atoms with Crippen molar-refractivity contribution in [3.8, 4) is 17.2 Å². The van der Waals surface area contributed by atoms with Crippen LogP contribution < -0.4 is 10.1 Å². The zero-order valence-corrected chi connectivity index (χ0v) is 14.8. The third-order valence-corrected chi connectivity index (χ3v) is 4.44. The molecule has 1 amide bonds. The molecule has 7 nitrogen and oxygen atoms in total. The van der Waals surface area contributed by atoms with E-state index in [1.54, 1.807) is 38.5 Å². The van der Waals surface area contributed by atoms with Crippen molar-refractivity contribution in [3.63, 3.8) is 0 Å². The number of nitrogens with one attached hydrogen (secondary N) is 1. The molecular weight excluding hydrogens is 342 g/mol. The smallest absolute Gasteiger partial charge is 0.277 e. The van der Waals surface area contributed by atoms with Crippen molar-refractivity contribution in [2.45, 2.75) is 24.3 Å². The van der Waals surface area contributed by atoms with Crippen LogP contribution in [0.3, 0.4) is 0 Å². The van der Waals surface area contributed by atoms with Crippen LogP contribution in [0.15, 0.2) is 50.7 Å². The molecule has 1 aromatic carbocycles. The molecular formula is C17H17N3O4S. The first-order valence-corrected chi connectivity index (χ1v) is 8.45. The number of hydrogen-bond acceptors (Lipinski definition) is 7. The van der Waals surface area contributed by atoms with Crippen molar-refractivity contribution in [1.29, 1.82) is 0 Å². The van der Waals surface area contributed by atoms with Gasteiger partial charge in [0.15, 0.2) is 0 Å². The molecule has 0 bridgehead atoms. The van der Waals surface area contributed by atoms with Gasteiger partial charge in [0, 0.05) is 0 Å². The van der Waals surface area contributed by atoms with Gasteiger partial charge in [0.25, 0.3) is 11.1 Å². The molecule has 0 spiro atoms. The van der Waals surface area contributed by atoms with Crippen LogP contribution in [-0.4, -0.2) is 28.5 Å². The molecule has 0 saturated heterocycles. The molecule has 0 aliphatic rings. The van der Waals surface area contributed by atoms with E-state index in [4.69, 9.17) is 13.6 Å². The molecule has 0 aliphatic carbocycles. The van der Waals surface area contributed by atoms with Crippen molar-refractivity contribution in [1.82, 2.24) is 10.2 Å². The Morgan fingerprint density at radius 1 is 1.28 bits per heavy atom. The van der Waals surface area contributed by atoms with Gasteiger partial charge in [-0.15, -0.1) is 10.2 Å². The topological polar surface area (TPSA) is 90.4 Å². The number of aryl methyl sites for hydroxylation is 1. The lowest BCUT2D eigenvalue weighted by atomic mass is 10.3. The summed E-state index contributed by atoms with van der Waals surface area (Å²) in [5.74, 6) is 1.48. The highest BCUT2D eigenvalue weighted by Crippen LogP contribution is 2.29. The van der Waals surface area contributed by atoms with E-state index in [0.29, 0.717) is 28.3 Å². The molecule has 0 aliphatic heterocycles. The average molecular weight is 359 g/mol. The van der Waals surface area contributed by atoms with Crippen LogP contribution in [0.1, 0.15) is 12.7 Å². The molecule has 3 aromatic rings. The number of para-hydroxylation sites is 2. The van der Waals surface area contributed by atoms with E-state index in [0.717, 1.165) is 5.56 Å². The van der Waals surface area contributed by atoms with E-state index >= 15 is 0 Å². The summed E-state index contributed by atoms with van der Waals surface area (Å²) in [5.41, 5.74) is 1.35. The number of rotatable bonds is 6. The molecule has 1 atom stereocenters. The predicted molar refractivity (Wildman–Crippen MR) is 93.7 cm³/mol. The van der Waals surface area contributed by atoms with Gasteiger partial charge in [-0.05, 0) is 32.0 Å². The first-order chi connectivity index (χ1) is 12.1. The second-order valence-electron chi connectivity index (χ2n) is 5.21. The van der Waals surface area contributed by atoms with E-state index in [1.807, 2.05) is 19.1 Å². The standard InChI is InChI=1S/C17H17N3O4S/c1-10-12(8-9-23-10)16-19-20-17(24-16)25-11(2)15(21)18-13-6-4-5-7-14(13)22-3/h4-9,11H,1-3H3,(H,18,21). The lowest BCUT2D eigenvalue weighted by Gasteiger charge is -2.12. The number of nitrogens with zero attached hydrogens (tertiary/aromatic N) is 2.